The normalized spacial score (nSPS) is 28.9. The second kappa shape index (κ2) is 4.04. The maximum Gasteiger partial charge on any atom is 0.106 e. The van der Waals surface area contributed by atoms with E-state index in [0.717, 1.165) is 22.9 Å². The zero-order valence-electron chi connectivity index (χ0n) is 10.8. The molecule has 1 aliphatic rings. The molecule has 0 bridgehead atoms. The molecule has 1 aliphatic heterocycles. The molecule has 1 saturated heterocycles. The molecule has 0 amide bonds. The molecule has 0 spiro atoms. The van der Waals surface area contributed by atoms with Crippen molar-refractivity contribution in [3.05, 3.63) is 42.1 Å². The van der Waals surface area contributed by atoms with Gasteiger partial charge in [-0.05, 0) is 26.5 Å². The first-order valence-corrected chi connectivity index (χ1v) is 6.37. The van der Waals surface area contributed by atoms with E-state index in [-0.39, 0.29) is 0 Å². The number of benzene rings is 1. The van der Waals surface area contributed by atoms with Gasteiger partial charge in [0, 0.05) is 29.7 Å². The molecular weight excluding hydrogens is 224 g/mol. The number of likely N-dealkylation sites (N-methyl/N-ethyl adjacent to an activating group) is 1. The van der Waals surface area contributed by atoms with Crippen LogP contribution in [0.2, 0.25) is 0 Å². The summed E-state index contributed by atoms with van der Waals surface area (Å²) in [6.45, 7) is 2.82. The van der Waals surface area contributed by atoms with Gasteiger partial charge in [-0.3, -0.25) is 4.98 Å². The Hall–Kier alpha value is -1.45. The fourth-order valence-electron chi connectivity index (χ4n) is 2.95. The molecule has 1 N–H and O–H groups in total. The summed E-state index contributed by atoms with van der Waals surface area (Å²) in [5, 5.41) is 12.0. The van der Waals surface area contributed by atoms with E-state index in [4.69, 9.17) is 0 Å². The number of aliphatic hydroxyl groups is 1. The maximum atomic E-state index is 10.9. The predicted octanol–water partition coefficient (Wildman–Crippen LogP) is 2.15. The molecule has 18 heavy (non-hydrogen) atoms. The van der Waals surface area contributed by atoms with Crippen LogP contribution in [0.1, 0.15) is 18.9 Å². The highest BCUT2D eigenvalue weighted by Crippen LogP contribution is 2.37. The molecule has 3 heteroatoms. The van der Waals surface area contributed by atoms with Crippen LogP contribution in [-0.4, -0.2) is 34.6 Å². The van der Waals surface area contributed by atoms with E-state index in [1.165, 1.54) is 0 Å². The predicted molar refractivity (Wildman–Crippen MR) is 72.3 cm³/mol. The molecule has 0 aliphatic carbocycles. The van der Waals surface area contributed by atoms with E-state index >= 15 is 0 Å². The average Bonchev–Trinajstić information content (AvgIpc) is 2.63. The van der Waals surface area contributed by atoms with Crippen LogP contribution < -0.4 is 0 Å². The Morgan fingerprint density at radius 2 is 2.11 bits per heavy atom. The first-order chi connectivity index (χ1) is 8.60. The van der Waals surface area contributed by atoms with Gasteiger partial charge < -0.3 is 10.0 Å². The Labute approximate surface area is 107 Å². The lowest BCUT2D eigenvalue weighted by atomic mass is 9.89. The van der Waals surface area contributed by atoms with E-state index < -0.39 is 5.60 Å². The average molecular weight is 242 g/mol. The molecule has 3 rings (SSSR count). The summed E-state index contributed by atoms with van der Waals surface area (Å²) in [7, 11) is 2.06. The number of hydrogen-bond donors (Lipinski definition) is 1. The number of fused-ring (bicyclic) bond motifs is 1. The smallest absolute Gasteiger partial charge is 0.106 e. The van der Waals surface area contributed by atoms with E-state index in [1.807, 2.05) is 30.3 Å². The van der Waals surface area contributed by atoms with Gasteiger partial charge in [-0.2, -0.15) is 0 Å². The van der Waals surface area contributed by atoms with Crippen molar-refractivity contribution in [2.75, 3.05) is 13.6 Å². The Balaban J connectivity index is 2.15. The largest absolute Gasteiger partial charge is 0.384 e. The summed E-state index contributed by atoms with van der Waals surface area (Å²) in [5.41, 5.74) is 1.10. The molecular formula is C15H18N2O. The lowest BCUT2D eigenvalue weighted by molar-refractivity contribution is 0.0499. The molecule has 1 fully saturated rings. The highest BCUT2D eigenvalue weighted by atomic mass is 16.3. The molecule has 1 aromatic heterocycles. The van der Waals surface area contributed by atoms with Crippen molar-refractivity contribution in [3.63, 3.8) is 0 Å². The van der Waals surface area contributed by atoms with Gasteiger partial charge >= 0.3 is 0 Å². The maximum absolute atomic E-state index is 10.9. The number of likely N-dealkylation sites (tertiary alicyclic amines) is 1. The molecule has 94 valence electrons. The highest BCUT2D eigenvalue weighted by molar-refractivity contribution is 5.82. The van der Waals surface area contributed by atoms with Crippen LogP contribution in [0.5, 0.6) is 0 Å². The quantitative estimate of drug-likeness (QED) is 0.832. The molecule has 2 atom stereocenters. The number of para-hydroxylation sites is 1. The second-order valence-electron chi connectivity index (χ2n) is 5.38. The summed E-state index contributed by atoms with van der Waals surface area (Å²) in [6.07, 6.45) is 2.55. The van der Waals surface area contributed by atoms with Crippen LogP contribution in [0, 0.1) is 0 Å². The number of rotatable bonds is 1. The minimum Gasteiger partial charge on any atom is -0.384 e. The Morgan fingerprint density at radius 3 is 2.83 bits per heavy atom. The molecule has 3 nitrogen and oxygen atoms in total. The van der Waals surface area contributed by atoms with E-state index in [1.54, 1.807) is 6.20 Å². The fraction of sp³-hybridized carbons (Fsp3) is 0.400. The van der Waals surface area contributed by atoms with E-state index in [2.05, 4.69) is 23.9 Å². The zero-order chi connectivity index (χ0) is 12.8. The van der Waals surface area contributed by atoms with Gasteiger partial charge in [-0.15, -0.1) is 0 Å². The Kier molecular flexibility index (Phi) is 2.61. The third-order valence-electron chi connectivity index (χ3n) is 4.03. The second-order valence-corrected chi connectivity index (χ2v) is 5.38. The Morgan fingerprint density at radius 1 is 1.33 bits per heavy atom. The summed E-state index contributed by atoms with van der Waals surface area (Å²) in [4.78, 5) is 6.64. The molecule has 0 radical (unpaired) electrons. The number of aromatic nitrogens is 1. The molecule has 1 aromatic carbocycles. The number of pyridine rings is 1. The number of hydrogen-bond acceptors (Lipinski definition) is 3. The number of nitrogens with zero attached hydrogens (tertiary/aromatic N) is 2. The Bertz CT molecular complexity index is 566. The van der Waals surface area contributed by atoms with Crippen LogP contribution in [0.25, 0.3) is 10.9 Å². The van der Waals surface area contributed by atoms with Crippen molar-refractivity contribution in [2.45, 2.75) is 25.0 Å². The summed E-state index contributed by atoms with van der Waals surface area (Å²) >= 11 is 0. The van der Waals surface area contributed by atoms with Crippen LogP contribution >= 0.6 is 0 Å². The first-order valence-electron chi connectivity index (χ1n) is 6.37. The van der Waals surface area contributed by atoms with Gasteiger partial charge in [-0.25, -0.2) is 0 Å². The van der Waals surface area contributed by atoms with Crippen molar-refractivity contribution < 1.29 is 5.11 Å². The van der Waals surface area contributed by atoms with Gasteiger partial charge in [0.25, 0.3) is 0 Å². The minimum atomic E-state index is -0.776. The SMILES string of the molecule is CC1CC(O)(c2cccc3cccnc23)CN1C. The van der Waals surface area contributed by atoms with Gasteiger partial charge in [0.15, 0.2) is 0 Å². The van der Waals surface area contributed by atoms with Crippen molar-refractivity contribution in [1.82, 2.24) is 9.88 Å². The summed E-state index contributed by atoms with van der Waals surface area (Å²) in [5.74, 6) is 0. The summed E-state index contributed by atoms with van der Waals surface area (Å²) < 4.78 is 0. The third kappa shape index (κ3) is 1.71. The van der Waals surface area contributed by atoms with E-state index in [9.17, 15) is 5.11 Å². The topological polar surface area (TPSA) is 36.4 Å². The fourth-order valence-corrected chi connectivity index (χ4v) is 2.95. The van der Waals surface area contributed by atoms with Crippen molar-refractivity contribution in [2.24, 2.45) is 0 Å². The third-order valence-corrected chi connectivity index (χ3v) is 4.03. The van der Waals surface area contributed by atoms with Crippen molar-refractivity contribution in [1.29, 1.82) is 0 Å². The van der Waals surface area contributed by atoms with E-state index in [0.29, 0.717) is 12.6 Å². The first kappa shape index (κ1) is 11.6. The van der Waals surface area contributed by atoms with Crippen LogP contribution in [0.4, 0.5) is 0 Å². The lowest BCUT2D eigenvalue weighted by Gasteiger charge is -2.24. The standard InChI is InChI=1S/C15H18N2O/c1-11-9-15(18,10-17(11)2)13-7-3-5-12-6-4-8-16-14(12)13/h3-8,11,18H,9-10H2,1-2H3. The lowest BCUT2D eigenvalue weighted by Crippen LogP contribution is -2.29. The number of β-amino-alcohol motifs (C(OH)–C–C–N with tert-alkyl or cyclic N) is 1. The zero-order valence-corrected chi connectivity index (χ0v) is 10.8. The minimum absolute atomic E-state index is 0.397. The van der Waals surface area contributed by atoms with Gasteiger partial charge in [0.2, 0.25) is 0 Å². The molecule has 0 saturated carbocycles. The van der Waals surface area contributed by atoms with Gasteiger partial charge in [0.05, 0.1) is 5.52 Å². The summed E-state index contributed by atoms with van der Waals surface area (Å²) in [6, 6.07) is 10.4. The molecule has 2 heterocycles. The monoisotopic (exact) mass is 242 g/mol. The van der Waals surface area contributed by atoms with Crippen molar-refractivity contribution >= 4 is 10.9 Å². The van der Waals surface area contributed by atoms with Crippen LogP contribution in [-0.2, 0) is 5.60 Å². The van der Waals surface area contributed by atoms with Gasteiger partial charge in [0.1, 0.15) is 5.60 Å². The van der Waals surface area contributed by atoms with Crippen LogP contribution in [0.3, 0.4) is 0 Å². The molecule has 2 aromatic rings. The van der Waals surface area contributed by atoms with Gasteiger partial charge in [-0.1, -0.05) is 24.3 Å². The van der Waals surface area contributed by atoms with Crippen molar-refractivity contribution in [3.8, 4) is 0 Å². The molecule has 2 unspecified atom stereocenters. The van der Waals surface area contributed by atoms with Crippen LogP contribution in [0.15, 0.2) is 36.5 Å². The highest BCUT2D eigenvalue weighted by Gasteiger charge is 2.41.